The SMILES string of the molecule is COc1ccc(C=CC(=O)Nc2ccccc2NC(C)=O)cc1OC. The molecule has 0 aromatic heterocycles. The van der Waals surface area contributed by atoms with Gasteiger partial charge in [0.15, 0.2) is 11.5 Å². The van der Waals surface area contributed by atoms with Crippen LogP contribution in [0.2, 0.25) is 0 Å². The molecule has 0 bridgehead atoms. The summed E-state index contributed by atoms with van der Waals surface area (Å²) in [5.41, 5.74) is 1.87. The van der Waals surface area contributed by atoms with Gasteiger partial charge in [-0.05, 0) is 35.9 Å². The Morgan fingerprint density at radius 1 is 0.920 bits per heavy atom. The molecule has 130 valence electrons. The highest BCUT2D eigenvalue weighted by molar-refractivity contribution is 6.05. The standard InChI is InChI=1S/C19H20N2O4/c1-13(22)20-15-6-4-5-7-16(15)21-19(23)11-9-14-8-10-17(24-2)18(12-14)25-3/h4-12H,1-3H3,(H,20,22)(H,21,23). The fourth-order valence-corrected chi connectivity index (χ4v) is 2.19. The quantitative estimate of drug-likeness (QED) is 0.791. The van der Waals surface area contributed by atoms with E-state index in [1.807, 2.05) is 6.07 Å². The highest BCUT2D eigenvalue weighted by Gasteiger charge is 2.06. The van der Waals surface area contributed by atoms with Crippen LogP contribution >= 0.6 is 0 Å². The Labute approximate surface area is 146 Å². The number of methoxy groups -OCH3 is 2. The molecule has 2 amide bonds. The molecule has 0 aliphatic rings. The third-order valence-corrected chi connectivity index (χ3v) is 3.33. The molecule has 0 atom stereocenters. The maximum Gasteiger partial charge on any atom is 0.248 e. The zero-order chi connectivity index (χ0) is 18.2. The molecule has 6 nitrogen and oxygen atoms in total. The van der Waals surface area contributed by atoms with Gasteiger partial charge in [0.25, 0.3) is 0 Å². The lowest BCUT2D eigenvalue weighted by molar-refractivity contribution is -0.114. The summed E-state index contributed by atoms with van der Waals surface area (Å²) >= 11 is 0. The van der Waals surface area contributed by atoms with Crippen molar-refractivity contribution in [3.8, 4) is 11.5 Å². The van der Waals surface area contributed by atoms with Gasteiger partial charge in [0.1, 0.15) is 0 Å². The van der Waals surface area contributed by atoms with Gasteiger partial charge in [-0.1, -0.05) is 18.2 Å². The van der Waals surface area contributed by atoms with Gasteiger partial charge in [-0.15, -0.1) is 0 Å². The maximum atomic E-state index is 12.1. The van der Waals surface area contributed by atoms with Crippen molar-refractivity contribution in [2.24, 2.45) is 0 Å². The van der Waals surface area contributed by atoms with Gasteiger partial charge in [-0.2, -0.15) is 0 Å². The molecule has 2 N–H and O–H groups in total. The third kappa shape index (κ3) is 5.10. The van der Waals surface area contributed by atoms with Gasteiger partial charge in [0.2, 0.25) is 11.8 Å². The minimum Gasteiger partial charge on any atom is -0.493 e. The van der Waals surface area contributed by atoms with Gasteiger partial charge in [-0.25, -0.2) is 0 Å². The largest absolute Gasteiger partial charge is 0.493 e. The first kappa shape index (κ1) is 18.1. The number of benzene rings is 2. The number of amides is 2. The van der Waals surface area contributed by atoms with Crippen LogP contribution in [0.4, 0.5) is 11.4 Å². The minimum absolute atomic E-state index is 0.206. The second-order valence-electron chi connectivity index (χ2n) is 5.16. The Bertz CT molecular complexity index is 800. The number of carbonyl (C=O) groups excluding carboxylic acids is 2. The van der Waals surface area contributed by atoms with E-state index in [2.05, 4.69) is 10.6 Å². The van der Waals surface area contributed by atoms with Gasteiger partial charge in [-0.3, -0.25) is 9.59 Å². The van der Waals surface area contributed by atoms with Crippen LogP contribution in [0, 0.1) is 0 Å². The summed E-state index contributed by atoms with van der Waals surface area (Å²) in [5, 5.41) is 5.41. The molecular weight excluding hydrogens is 320 g/mol. The lowest BCUT2D eigenvalue weighted by atomic mass is 10.2. The number of nitrogens with one attached hydrogen (secondary N) is 2. The van der Waals surface area contributed by atoms with Crippen molar-refractivity contribution in [3.63, 3.8) is 0 Å². The lowest BCUT2D eigenvalue weighted by Crippen LogP contribution is -2.12. The zero-order valence-corrected chi connectivity index (χ0v) is 14.3. The first-order valence-corrected chi connectivity index (χ1v) is 7.61. The van der Waals surface area contributed by atoms with Crippen LogP contribution in [0.1, 0.15) is 12.5 Å². The average molecular weight is 340 g/mol. The Morgan fingerprint density at radius 2 is 1.56 bits per heavy atom. The summed E-state index contributed by atoms with van der Waals surface area (Å²) in [6.07, 6.45) is 3.07. The molecule has 0 heterocycles. The number of rotatable bonds is 6. The number of carbonyl (C=O) groups is 2. The number of anilines is 2. The molecule has 0 saturated carbocycles. The molecule has 0 radical (unpaired) electrons. The summed E-state index contributed by atoms with van der Waals surface area (Å²) in [6, 6.07) is 12.3. The van der Waals surface area contributed by atoms with E-state index in [4.69, 9.17) is 9.47 Å². The molecule has 2 aromatic carbocycles. The van der Waals surface area contributed by atoms with Crippen LogP contribution in [0.3, 0.4) is 0 Å². The van der Waals surface area contributed by atoms with Crippen molar-refractivity contribution in [1.82, 2.24) is 0 Å². The van der Waals surface area contributed by atoms with Gasteiger partial charge >= 0.3 is 0 Å². The van der Waals surface area contributed by atoms with Gasteiger partial charge in [0, 0.05) is 13.0 Å². The molecule has 0 saturated heterocycles. The smallest absolute Gasteiger partial charge is 0.248 e. The molecule has 2 aromatic rings. The van der Waals surface area contributed by atoms with E-state index in [1.165, 1.54) is 13.0 Å². The van der Waals surface area contributed by atoms with E-state index < -0.39 is 0 Å². The average Bonchev–Trinajstić information content (AvgIpc) is 2.61. The molecule has 0 aliphatic heterocycles. The molecule has 0 aliphatic carbocycles. The topological polar surface area (TPSA) is 76.7 Å². The summed E-state index contributed by atoms with van der Waals surface area (Å²) in [6.45, 7) is 1.41. The number of para-hydroxylation sites is 2. The number of ether oxygens (including phenoxy) is 2. The number of hydrogen-bond donors (Lipinski definition) is 2. The van der Waals surface area contributed by atoms with Crippen LogP contribution in [-0.2, 0) is 9.59 Å². The second kappa shape index (κ2) is 8.54. The van der Waals surface area contributed by atoms with Crippen molar-refractivity contribution >= 4 is 29.3 Å². The van der Waals surface area contributed by atoms with Crippen LogP contribution in [0.25, 0.3) is 6.08 Å². The van der Waals surface area contributed by atoms with Crippen molar-refractivity contribution in [2.75, 3.05) is 24.9 Å². The Balaban J connectivity index is 2.10. The minimum atomic E-state index is -0.312. The Morgan fingerprint density at radius 3 is 2.16 bits per heavy atom. The fraction of sp³-hybridized carbons (Fsp3) is 0.158. The fourth-order valence-electron chi connectivity index (χ4n) is 2.19. The third-order valence-electron chi connectivity index (χ3n) is 3.33. The molecule has 6 heteroatoms. The first-order chi connectivity index (χ1) is 12.0. The van der Waals surface area contributed by atoms with E-state index in [0.717, 1.165) is 5.56 Å². The van der Waals surface area contributed by atoms with E-state index >= 15 is 0 Å². The van der Waals surface area contributed by atoms with Gasteiger partial charge < -0.3 is 20.1 Å². The molecule has 25 heavy (non-hydrogen) atoms. The molecular formula is C19H20N2O4. The van der Waals surface area contributed by atoms with E-state index in [-0.39, 0.29) is 11.8 Å². The van der Waals surface area contributed by atoms with Crippen molar-refractivity contribution in [1.29, 1.82) is 0 Å². The highest BCUT2D eigenvalue weighted by atomic mass is 16.5. The predicted octanol–water partition coefficient (Wildman–Crippen LogP) is 3.31. The van der Waals surface area contributed by atoms with Crippen molar-refractivity contribution < 1.29 is 19.1 Å². The molecule has 0 unspecified atom stereocenters. The van der Waals surface area contributed by atoms with E-state index in [9.17, 15) is 9.59 Å². The lowest BCUT2D eigenvalue weighted by Gasteiger charge is -2.10. The first-order valence-electron chi connectivity index (χ1n) is 7.61. The summed E-state index contributed by atoms with van der Waals surface area (Å²) in [5.74, 6) is 0.685. The summed E-state index contributed by atoms with van der Waals surface area (Å²) < 4.78 is 10.4. The van der Waals surface area contributed by atoms with Crippen LogP contribution in [-0.4, -0.2) is 26.0 Å². The molecule has 0 spiro atoms. The highest BCUT2D eigenvalue weighted by Crippen LogP contribution is 2.28. The summed E-state index contributed by atoms with van der Waals surface area (Å²) in [4.78, 5) is 23.3. The van der Waals surface area contributed by atoms with Crippen LogP contribution < -0.4 is 20.1 Å². The van der Waals surface area contributed by atoms with Crippen LogP contribution in [0.5, 0.6) is 11.5 Å². The Kier molecular flexibility index (Phi) is 6.17. The van der Waals surface area contributed by atoms with E-state index in [1.54, 1.807) is 56.7 Å². The van der Waals surface area contributed by atoms with Crippen molar-refractivity contribution in [3.05, 3.63) is 54.1 Å². The molecule has 2 rings (SSSR count). The van der Waals surface area contributed by atoms with Crippen molar-refractivity contribution in [2.45, 2.75) is 6.92 Å². The van der Waals surface area contributed by atoms with Crippen LogP contribution in [0.15, 0.2) is 48.5 Å². The number of hydrogen-bond acceptors (Lipinski definition) is 4. The predicted molar refractivity (Wildman–Crippen MR) is 98.0 cm³/mol. The zero-order valence-electron chi connectivity index (χ0n) is 14.3. The maximum absolute atomic E-state index is 12.1. The molecule has 0 fully saturated rings. The Hall–Kier alpha value is -3.28. The monoisotopic (exact) mass is 340 g/mol. The summed E-state index contributed by atoms with van der Waals surface area (Å²) in [7, 11) is 3.12. The van der Waals surface area contributed by atoms with E-state index in [0.29, 0.717) is 22.9 Å². The second-order valence-corrected chi connectivity index (χ2v) is 5.16. The normalized spacial score (nSPS) is 10.4. The van der Waals surface area contributed by atoms with Gasteiger partial charge in [0.05, 0.1) is 25.6 Å².